The van der Waals surface area contributed by atoms with Gasteiger partial charge in [-0.15, -0.1) is 0 Å². The standard InChI is InChI=1S/C14H20N2O2/c1-9-5-10(2)14(11(3)6-9)12(17)7-16(4)8-13(15)18/h5-6H,7-8H2,1-4H3,(H2,15,18). The summed E-state index contributed by atoms with van der Waals surface area (Å²) in [6, 6.07) is 3.99. The van der Waals surface area contributed by atoms with Crippen molar-refractivity contribution in [2.75, 3.05) is 20.1 Å². The maximum absolute atomic E-state index is 12.2. The molecule has 0 spiro atoms. The van der Waals surface area contributed by atoms with Crippen LogP contribution in [0.3, 0.4) is 0 Å². The van der Waals surface area contributed by atoms with Gasteiger partial charge in [0.25, 0.3) is 0 Å². The van der Waals surface area contributed by atoms with Gasteiger partial charge in [-0.3, -0.25) is 14.5 Å². The largest absolute Gasteiger partial charge is 0.369 e. The van der Waals surface area contributed by atoms with E-state index in [0.717, 1.165) is 22.3 Å². The van der Waals surface area contributed by atoms with Gasteiger partial charge in [0.2, 0.25) is 5.91 Å². The molecule has 4 heteroatoms. The topological polar surface area (TPSA) is 63.4 Å². The predicted molar refractivity (Wildman–Crippen MR) is 71.7 cm³/mol. The summed E-state index contributed by atoms with van der Waals surface area (Å²) in [6.07, 6.45) is 0. The molecule has 0 saturated heterocycles. The van der Waals surface area contributed by atoms with E-state index in [1.165, 1.54) is 0 Å². The van der Waals surface area contributed by atoms with Crippen LogP contribution in [0.5, 0.6) is 0 Å². The Morgan fingerprint density at radius 3 is 2.06 bits per heavy atom. The summed E-state index contributed by atoms with van der Waals surface area (Å²) in [5.41, 5.74) is 8.94. The van der Waals surface area contributed by atoms with E-state index in [2.05, 4.69) is 0 Å². The van der Waals surface area contributed by atoms with Crippen LogP contribution in [0.25, 0.3) is 0 Å². The van der Waals surface area contributed by atoms with Crippen LogP contribution in [0.1, 0.15) is 27.0 Å². The fourth-order valence-electron chi connectivity index (χ4n) is 2.27. The van der Waals surface area contributed by atoms with E-state index in [1.54, 1.807) is 11.9 Å². The summed E-state index contributed by atoms with van der Waals surface area (Å²) >= 11 is 0. The number of Topliss-reactive ketones (excluding diaryl/α,β-unsaturated/α-hetero) is 1. The highest BCUT2D eigenvalue weighted by Gasteiger charge is 2.15. The zero-order valence-electron chi connectivity index (χ0n) is 11.4. The van der Waals surface area contributed by atoms with Gasteiger partial charge in [0.15, 0.2) is 5.78 Å². The van der Waals surface area contributed by atoms with E-state index >= 15 is 0 Å². The molecule has 1 aromatic rings. The third-order valence-corrected chi connectivity index (χ3v) is 2.80. The maximum Gasteiger partial charge on any atom is 0.231 e. The highest BCUT2D eigenvalue weighted by molar-refractivity contribution is 6.00. The Balaban J connectivity index is 2.88. The summed E-state index contributed by atoms with van der Waals surface area (Å²) in [4.78, 5) is 24.6. The SMILES string of the molecule is Cc1cc(C)c(C(=O)CN(C)CC(N)=O)c(C)c1. The number of carbonyl (C=O) groups excluding carboxylic acids is 2. The lowest BCUT2D eigenvalue weighted by atomic mass is 9.96. The molecule has 0 aliphatic heterocycles. The summed E-state index contributed by atoms with van der Waals surface area (Å²) < 4.78 is 0. The zero-order chi connectivity index (χ0) is 13.9. The molecule has 0 aromatic heterocycles. The van der Waals surface area contributed by atoms with Crippen LogP contribution in [-0.4, -0.2) is 36.7 Å². The first-order valence-electron chi connectivity index (χ1n) is 5.89. The molecule has 0 bridgehead atoms. The van der Waals surface area contributed by atoms with Crippen LogP contribution in [0.4, 0.5) is 0 Å². The highest BCUT2D eigenvalue weighted by Crippen LogP contribution is 2.17. The molecular weight excluding hydrogens is 228 g/mol. The average molecular weight is 248 g/mol. The zero-order valence-corrected chi connectivity index (χ0v) is 11.4. The number of benzene rings is 1. The van der Waals surface area contributed by atoms with Gasteiger partial charge in [0.05, 0.1) is 13.1 Å². The molecule has 98 valence electrons. The molecule has 0 radical (unpaired) electrons. The fourth-order valence-corrected chi connectivity index (χ4v) is 2.27. The van der Waals surface area contributed by atoms with Crippen molar-refractivity contribution >= 4 is 11.7 Å². The smallest absolute Gasteiger partial charge is 0.231 e. The van der Waals surface area contributed by atoms with Crippen LogP contribution < -0.4 is 5.73 Å². The lowest BCUT2D eigenvalue weighted by Gasteiger charge is -2.16. The molecule has 2 N–H and O–H groups in total. The number of carbonyl (C=O) groups is 2. The van der Waals surface area contributed by atoms with Gasteiger partial charge in [-0.2, -0.15) is 0 Å². The van der Waals surface area contributed by atoms with E-state index in [-0.39, 0.29) is 18.9 Å². The number of rotatable bonds is 5. The third kappa shape index (κ3) is 3.67. The number of ketones is 1. The van der Waals surface area contributed by atoms with Crippen molar-refractivity contribution < 1.29 is 9.59 Å². The Bertz CT molecular complexity index is 458. The van der Waals surface area contributed by atoms with Gasteiger partial charge in [-0.05, 0) is 38.9 Å². The van der Waals surface area contributed by atoms with E-state index in [1.807, 2.05) is 32.9 Å². The summed E-state index contributed by atoms with van der Waals surface area (Å²) in [7, 11) is 1.71. The molecule has 0 atom stereocenters. The molecule has 1 aromatic carbocycles. The van der Waals surface area contributed by atoms with E-state index in [4.69, 9.17) is 5.73 Å². The van der Waals surface area contributed by atoms with Crippen molar-refractivity contribution in [1.82, 2.24) is 4.90 Å². The van der Waals surface area contributed by atoms with Gasteiger partial charge >= 0.3 is 0 Å². The predicted octanol–water partition coefficient (Wildman–Crippen LogP) is 1.21. The van der Waals surface area contributed by atoms with Gasteiger partial charge in [0, 0.05) is 5.56 Å². The average Bonchev–Trinajstić information content (AvgIpc) is 2.12. The minimum Gasteiger partial charge on any atom is -0.369 e. The molecule has 4 nitrogen and oxygen atoms in total. The third-order valence-electron chi connectivity index (χ3n) is 2.80. The van der Waals surface area contributed by atoms with Crippen molar-refractivity contribution in [3.63, 3.8) is 0 Å². The van der Waals surface area contributed by atoms with Gasteiger partial charge in [-0.25, -0.2) is 0 Å². The lowest BCUT2D eigenvalue weighted by Crippen LogP contribution is -2.34. The Labute approximate surface area is 108 Å². The second kappa shape index (κ2) is 5.78. The summed E-state index contributed by atoms with van der Waals surface area (Å²) in [6.45, 7) is 6.17. The number of amides is 1. The molecule has 0 aliphatic rings. The summed E-state index contributed by atoms with van der Waals surface area (Å²) in [5, 5.41) is 0. The second-order valence-corrected chi connectivity index (χ2v) is 4.84. The first-order valence-corrected chi connectivity index (χ1v) is 5.89. The van der Waals surface area contributed by atoms with Crippen molar-refractivity contribution in [2.24, 2.45) is 5.73 Å². The fraction of sp³-hybridized carbons (Fsp3) is 0.429. The lowest BCUT2D eigenvalue weighted by molar-refractivity contribution is -0.118. The first kappa shape index (κ1) is 14.4. The van der Waals surface area contributed by atoms with Crippen LogP contribution in [-0.2, 0) is 4.79 Å². The Morgan fingerprint density at radius 2 is 1.61 bits per heavy atom. The van der Waals surface area contributed by atoms with Crippen LogP contribution in [0.2, 0.25) is 0 Å². The van der Waals surface area contributed by atoms with Crippen molar-refractivity contribution in [1.29, 1.82) is 0 Å². The minimum absolute atomic E-state index is 0.0220. The van der Waals surface area contributed by atoms with Gasteiger partial charge in [0.1, 0.15) is 0 Å². The number of primary amides is 1. The number of nitrogens with zero attached hydrogens (tertiary/aromatic N) is 1. The molecule has 0 heterocycles. The van der Waals surface area contributed by atoms with Crippen LogP contribution in [0, 0.1) is 20.8 Å². The van der Waals surface area contributed by atoms with Crippen LogP contribution in [0.15, 0.2) is 12.1 Å². The molecule has 18 heavy (non-hydrogen) atoms. The maximum atomic E-state index is 12.2. The molecule has 1 rings (SSSR count). The first-order chi connectivity index (χ1) is 8.31. The van der Waals surface area contributed by atoms with E-state index in [0.29, 0.717) is 0 Å². The molecule has 0 fully saturated rings. The Hall–Kier alpha value is -1.68. The van der Waals surface area contributed by atoms with Crippen LogP contribution >= 0.6 is 0 Å². The minimum atomic E-state index is -0.428. The van der Waals surface area contributed by atoms with Crippen molar-refractivity contribution in [3.05, 3.63) is 34.4 Å². The van der Waals surface area contributed by atoms with Gasteiger partial charge in [-0.1, -0.05) is 17.7 Å². The summed E-state index contributed by atoms with van der Waals surface area (Å²) in [5.74, 6) is -0.406. The van der Waals surface area contributed by atoms with E-state index < -0.39 is 5.91 Å². The molecule has 0 aliphatic carbocycles. The number of aryl methyl sites for hydroxylation is 3. The van der Waals surface area contributed by atoms with Crippen molar-refractivity contribution in [3.8, 4) is 0 Å². The highest BCUT2D eigenvalue weighted by atomic mass is 16.1. The van der Waals surface area contributed by atoms with Gasteiger partial charge < -0.3 is 5.73 Å². The quantitative estimate of drug-likeness (QED) is 0.797. The number of hydrogen-bond donors (Lipinski definition) is 1. The second-order valence-electron chi connectivity index (χ2n) is 4.84. The molecule has 0 saturated carbocycles. The number of likely N-dealkylation sites (N-methyl/N-ethyl adjacent to an activating group) is 1. The Morgan fingerprint density at radius 1 is 1.11 bits per heavy atom. The molecule has 0 unspecified atom stereocenters. The molecule has 1 amide bonds. The number of hydrogen-bond acceptors (Lipinski definition) is 3. The van der Waals surface area contributed by atoms with E-state index in [9.17, 15) is 9.59 Å². The normalized spacial score (nSPS) is 10.7. The number of nitrogens with two attached hydrogens (primary N) is 1. The monoisotopic (exact) mass is 248 g/mol. The Kier molecular flexibility index (Phi) is 4.62. The molecular formula is C14H20N2O2. The van der Waals surface area contributed by atoms with Crippen molar-refractivity contribution in [2.45, 2.75) is 20.8 Å².